The highest BCUT2D eigenvalue weighted by Gasteiger charge is 2.35. The maximum atomic E-state index is 12.8. The molecule has 2 aromatic carbocycles. The van der Waals surface area contributed by atoms with Crippen molar-refractivity contribution >= 4 is 50.5 Å². The third-order valence-corrected chi connectivity index (χ3v) is 7.73. The molecule has 3 rings (SSSR count). The number of nitrogens with zero attached hydrogens (tertiary/aromatic N) is 1. The minimum absolute atomic E-state index is 0.0742. The summed E-state index contributed by atoms with van der Waals surface area (Å²) in [7, 11) is -3.49. The highest BCUT2D eigenvalue weighted by atomic mass is 35.5. The minimum Gasteiger partial charge on any atom is -0.341 e. The van der Waals surface area contributed by atoms with Crippen molar-refractivity contribution in [3.63, 3.8) is 0 Å². The van der Waals surface area contributed by atoms with Crippen LogP contribution in [0.4, 0.5) is 0 Å². The van der Waals surface area contributed by atoms with Gasteiger partial charge in [-0.1, -0.05) is 40.9 Å². The molecule has 1 aliphatic rings. The SMILES string of the molecule is O=C(CCc1ccc(Cl)cc1Cl)N1CCC(S(=O)(=O)c2ccc(Cl)cc2)C1. The minimum atomic E-state index is -3.49. The fourth-order valence-corrected chi connectivity index (χ4v) is 5.47. The molecule has 0 aliphatic carbocycles. The molecule has 4 nitrogen and oxygen atoms in total. The van der Waals surface area contributed by atoms with E-state index in [1.54, 1.807) is 35.2 Å². The fraction of sp³-hybridized carbons (Fsp3) is 0.316. The summed E-state index contributed by atoms with van der Waals surface area (Å²) in [5, 5.41) is 0.963. The van der Waals surface area contributed by atoms with Crippen LogP contribution in [0.25, 0.3) is 0 Å². The maximum absolute atomic E-state index is 12.8. The zero-order chi connectivity index (χ0) is 19.6. The lowest BCUT2D eigenvalue weighted by molar-refractivity contribution is -0.130. The highest BCUT2D eigenvalue weighted by Crippen LogP contribution is 2.26. The Morgan fingerprint density at radius 2 is 1.70 bits per heavy atom. The summed E-state index contributed by atoms with van der Waals surface area (Å²) < 4.78 is 25.5. The molecule has 1 amide bonds. The van der Waals surface area contributed by atoms with E-state index < -0.39 is 15.1 Å². The van der Waals surface area contributed by atoms with Gasteiger partial charge in [0.15, 0.2) is 9.84 Å². The van der Waals surface area contributed by atoms with Gasteiger partial charge < -0.3 is 4.90 Å². The summed E-state index contributed by atoms with van der Waals surface area (Å²) in [5.41, 5.74) is 0.846. The average molecular weight is 447 g/mol. The fourth-order valence-electron chi connectivity index (χ4n) is 3.15. The van der Waals surface area contributed by atoms with E-state index >= 15 is 0 Å². The van der Waals surface area contributed by atoms with Gasteiger partial charge in [-0.3, -0.25) is 4.79 Å². The van der Waals surface area contributed by atoms with Crippen molar-refractivity contribution in [2.75, 3.05) is 13.1 Å². The molecule has 1 saturated heterocycles. The molecule has 0 aromatic heterocycles. The topological polar surface area (TPSA) is 54.5 Å². The molecule has 1 aliphatic heterocycles. The standard InChI is InChI=1S/C19H18Cl3NO3S/c20-14-4-6-16(7-5-14)27(25,26)17-9-10-23(12-17)19(24)8-2-13-1-3-15(21)11-18(13)22/h1,3-7,11,17H,2,8-10,12H2. The number of likely N-dealkylation sites (tertiary alicyclic amines) is 1. The van der Waals surface area contributed by atoms with Gasteiger partial charge in [-0.2, -0.15) is 0 Å². The number of carbonyl (C=O) groups is 1. The van der Waals surface area contributed by atoms with Crippen molar-refractivity contribution in [1.29, 1.82) is 0 Å². The molecule has 1 atom stereocenters. The second-order valence-corrected chi connectivity index (χ2v) is 9.99. The zero-order valence-corrected chi connectivity index (χ0v) is 17.5. The third-order valence-electron chi connectivity index (χ3n) is 4.70. The van der Waals surface area contributed by atoms with Crippen LogP contribution in [-0.2, 0) is 21.1 Å². The number of aryl methyl sites for hydroxylation is 1. The smallest absolute Gasteiger partial charge is 0.222 e. The summed E-state index contributed by atoms with van der Waals surface area (Å²) >= 11 is 17.8. The number of hydrogen-bond donors (Lipinski definition) is 0. The number of amides is 1. The van der Waals surface area contributed by atoms with E-state index in [0.717, 1.165) is 5.56 Å². The van der Waals surface area contributed by atoms with Crippen molar-refractivity contribution in [3.05, 3.63) is 63.1 Å². The Labute approximate surface area is 173 Å². The molecule has 1 heterocycles. The van der Waals surface area contributed by atoms with Crippen LogP contribution in [0.3, 0.4) is 0 Å². The first-order valence-corrected chi connectivity index (χ1v) is 11.2. The lowest BCUT2D eigenvalue weighted by Crippen LogP contribution is -2.32. The number of halogens is 3. The van der Waals surface area contributed by atoms with E-state index in [0.29, 0.717) is 34.5 Å². The Kier molecular flexibility index (Phi) is 6.36. The Morgan fingerprint density at radius 3 is 2.37 bits per heavy atom. The van der Waals surface area contributed by atoms with E-state index in [4.69, 9.17) is 34.8 Å². The summed E-state index contributed by atoms with van der Waals surface area (Å²) in [4.78, 5) is 14.3. The quantitative estimate of drug-likeness (QED) is 0.671. The Morgan fingerprint density at radius 1 is 1.04 bits per heavy atom. The first-order chi connectivity index (χ1) is 12.8. The van der Waals surface area contributed by atoms with Crippen molar-refractivity contribution < 1.29 is 13.2 Å². The first kappa shape index (κ1) is 20.5. The molecule has 0 bridgehead atoms. The van der Waals surface area contributed by atoms with Crippen molar-refractivity contribution in [3.8, 4) is 0 Å². The highest BCUT2D eigenvalue weighted by molar-refractivity contribution is 7.92. The molecule has 1 unspecified atom stereocenters. The zero-order valence-electron chi connectivity index (χ0n) is 14.4. The number of hydrogen-bond acceptors (Lipinski definition) is 3. The van der Waals surface area contributed by atoms with Crippen LogP contribution >= 0.6 is 34.8 Å². The lowest BCUT2D eigenvalue weighted by Gasteiger charge is -2.17. The molecular weight excluding hydrogens is 429 g/mol. The second kappa shape index (κ2) is 8.39. The summed E-state index contributed by atoms with van der Waals surface area (Å²) in [6, 6.07) is 11.3. The molecule has 0 radical (unpaired) electrons. The Hall–Kier alpha value is -1.27. The van der Waals surface area contributed by atoms with Gasteiger partial charge in [0.1, 0.15) is 0 Å². The largest absolute Gasteiger partial charge is 0.341 e. The van der Waals surface area contributed by atoms with Gasteiger partial charge >= 0.3 is 0 Å². The maximum Gasteiger partial charge on any atom is 0.222 e. The van der Waals surface area contributed by atoms with Gasteiger partial charge in [0, 0.05) is 34.6 Å². The third kappa shape index (κ3) is 4.77. The summed E-state index contributed by atoms with van der Waals surface area (Å²) in [5.74, 6) is -0.0742. The molecule has 0 N–H and O–H groups in total. The number of benzene rings is 2. The van der Waals surface area contributed by atoms with Gasteiger partial charge in [-0.25, -0.2) is 8.42 Å². The van der Waals surface area contributed by atoms with Crippen LogP contribution in [0.2, 0.25) is 15.1 Å². The Bertz CT molecular complexity index is 945. The first-order valence-electron chi connectivity index (χ1n) is 8.48. The molecule has 2 aromatic rings. The molecular formula is C19H18Cl3NO3S. The number of rotatable bonds is 5. The van der Waals surface area contributed by atoms with Crippen LogP contribution in [0.5, 0.6) is 0 Å². The van der Waals surface area contributed by atoms with Gasteiger partial charge in [0.25, 0.3) is 0 Å². The van der Waals surface area contributed by atoms with Crippen molar-refractivity contribution in [1.82, 2.24) is 4.90 Å². The predicted octanol–water partition coefficient (Wildman–Crippen LogP) is 4.65. The van der Waals surface area contributed by atoms with E-state index in [9.17, 15) is 13.2 Å². The van der Waals surface area contributed by atoms with E-state index in [1.807, 2.05) is 0 Å². The van der Waals surface area contributed by atoms with Gasteiger partial charge in [-0.15, -0.1) is 0 Å². The van der Waals surface area contributed by atoms with Gasteiger partial charge in [-0.05, 0) is 54.8 Å². The number of carbonyl (C=O) groups excluding carboxylic acids is 1. The normalized spacial score (nSPS) is 17.3. The van der Waals surface area contributed by atoms with Crippen molar-refractivity contribution in [2.45, 2.75) is 29.4 Å². The Balaban J connectivity index is 1.61. The number of sulfone groups is 1. The molecule has 8 heteroatoms. The molecule has 1 fully saturated rings. The summed E-state index contributed by atoms with van der Waals surface area (Å²) in [6.07, 6.45) is 1.19. The molecule has 144 valence electrons. The van der Waals surface area contributed by atoms with Crippen LogP contribution in [0.15, 0.2) is 47.4 Å². The van der Waals surface area contributed by atoms with E-state index in [1.165, 1.54) is 12.1 Å². The van der Waals surface area contributed by atoms with Gasteiger partial charge in [0.2, 0.25) is 5.91 Å². The summed E-state index contributed by atoms with van der Waals surface area (Å²) in [6.45, 7) is 0.642. The van der Waals surface area contributed by atoms with Crippen molar-refractivity contribution in [2.24, 2.45) is 0 Å². The lowest BCUT2D eigenvalue weighted by atomic mass is 10.1. The van der Waals surface area contributed by atoms with Crippen LogP contribution < -0.4 is 0 Å². The molecule has 27 heavy (non-hydrogen) atoms. The van der Waals surface area contributed by atoms with Gasteiger partial charge in [0.05, 0.1) is 10.1 Å². The predicted molar refractivity (Wildman–Crippen MR) is 108 cm³/mol. The van der Waals surface area contributed by atoms with Crippen LogP contribution in [0.1, 0.15) is 18.4 Å². The van der Waals surface area contributed by atoms with Crippen LogP contribution in [0, 0.1) is 0 Å². The van der Waals surface area contributed by atoms with E-state index in [2.05, 4.69) is 0 Å². The van der Waals surface area contributed by atoms with E-state index in [-0.39, 0.29) is 23.8 Å². The second-order valence-electron chi connectivity index (χ2n) is 6.49. The van der Waals surface area contributed by atoms with Crippen LogP contribution in [-0.4, -0.2) is 37.6 Å². The molecule has 0 spiro atoms. The molecule has 0 saturated carbocycles. The monoisotopic (exact) mass is 445 g/mol. The average Bonchev–Trinajstić information content (AvgIpc) is 3.12.